The number of esters is 1. The number of methoxy groups -OCH3 is 1. The lowest BCUT2D eigenvalue weighted by Crippen LogP contribution is -2.25. The summed E-state index contributed by atoms with van der Waals surface area (Å²) in [6.45, 7) is 3.37. The standard InChI is InChI=1S/C21H21FO5/c1-21(2,9-4-10-23)19(25)17-11-13(20(26)27-3)5-7-15(17)16-12-14(24)6-8-18(16)22/h5-8,10-12,24H,4,9H2,1-3H3. The predicted molar refractivity (Wildman–Crippen MR) is 98.2 cm³/mol. The van der Waals surface area contributed by atoms with Crippen molar-refractivity contribution in [3.8, 4) is 16.9 Å². The van der Waals surface area contributed by atoms with Gasteiger partial charge in [-0.25, -0.2) is 9.18 Å². The Balaban J connectivity index is 2.67. The second-order valence-corrected chi connectivity index (χ2v) is 6.83. The van der Waals surface area contributed by atoms with E-state index in [9.17, 15) is 23.9 Å². The number of benzene rings is 2. The zero-order valence-electron chi connectivity index (χ0n) is 15.4. The molecule has 142 valence electrons. The highest BCUT2D eigenvalue weighted by Crippen LogP contribution is 2.35. The number of ketones is 1. The van der Waals surface area contributed by atoms with Crippen LogP contribution in [0.4, 0.5) is 4.39 Å². The third-order valence-corrected chi connectivity index (χ3v) is 4.43. The fraction of sp³-hybridized carbons (Fsp3) is 0.286. The van der Waals surface area contributed by atoms with Gasteiger partial charge in [0, 0.05) is 23.0 Å². The molecule has 0 fully saturated rings. The van der Waals surface area contributed by atoms with E-state index in [0.717, 1.165) is 12.4 Å². The highest BCUT2D eigenvalue weighted by molar-refractivity contribution is 6.07. The third kappa shape index (κ3) is 4.39. The number of ether oxygens (including phenoxy) is 1. The zero-order chi connectivity index (χ0) is 20.2. The van der Waals surface area contributed by atoms with Gasteiger partial charge in [-0.15, -0.1) is 0 Å². The summed E-state index contributed by atoms with van der Waals surface area (Å²) in [7, 11) is 1.22. The highest BCUT2D eigenvalue weighted by Gasteiger charge is 2.31. The lowest BCUT2D eigenvalue weighted by atomic mass is 9.78. The minimum Gasteiger partial charge on any atom is -0.508 e. The van der Waals surface area contributed by atoms with Gasteiger partial charge in [0.1, 0.15) is 17.9 Å². The average Bonchev–Trinajstić information content (AvgIpc) is 2.66. The first-order valence-electron chi connectivity index (χ1n) is 8.41. The van der Waals surface area contributed by atoms with Gasteiger partial charge in [-0.2, -0.15) is 0 Å². The van der Waals surface area contributed by atoms with Crippen molar-refractivity contribution in [3.63, 3.8) is 0 Å². The van der Waals surface area contributed by atoms with Crippen molar-refractivity contribution in [2.75, 3.05) is 7.11 Å². The van der Waals surface area contributed by atoms with Gasteiger partial charge in [0.2, 0.25) is 0 Å². The van der Waals surface area contributed by atoms with E-state index in [-0.39, 0.29) is 40.2 Å². The minimum atomic E-state index is -0.905. The molecule has 0 spiro atoms. The molecule has 0 heterocycles. The molecule has 2 aromatic carbocycles. The average molecular weight is 372 g/mol. The second kappa shape index (κ2) is 8.12. The summed E-state index contributed by atoms with van der Waals surface area (Å²) in [6, 6.07) is 7.77. The first-order chi connectivity index (χ1) is 12.7. The molecule has 6 heteroatoms. The molecule has 2 rings (SSSR count). The van der Waals surface area contributed by atoms with E-state index in [1.54, 1.807) is 13.8 Å². The molecule has 0 aliphatic rings. The molecule has 0 aromatic heterocycles. The second-order valence-electron chi connectivity index (χ2n) is 6.83. The van der Waals surface area contributed by atoms with Gasteiger partial charge in [-0.3, -0.25) is 4.79 Å². The number of halogens is 1. The van der Waals surface area contributed by atoms with E-state index in [2.05, 4.69) is 0 Å². The Morgan fingerprint density at radius 1 is 1.15 bits per heavy atom. The number of phenols is 1. The zero-order valence-corrected chi connectivity index (χ0v) is 15.4. The first kappa shape index (κ1) is 20.3. The smallest absolute Gasteiger partial charge is 0.337 e. The van der Waals surface area contributed by atoms with Crippen LogP contribution in [0.1, 0.15) is 47.4 Å². The van der Waals surface area contributed by atoms with Gasteiger partial charge in [0.15, 0.2) is 5.78 Å². The number of rotatable bonds is 7. The molecule has 0 saturated heterocycles. The molecule has 2 aromatic rings. The molecular formula is C21H21FO5. The van der Waals surface area contributed by atoms with Crippen LogP contribution in [0.25, 0.3) is 11.1 Å². The number of Topliss-reactive ketones (excluding diaryl/α,β-unsaturated/α-hetero) is 1. The lowest BCUT2D eigenvalue weighted by molar-refractivity contribution is -0.108. The molecular weight excluding hydrogens is 351 g/mol. The van der Waals surface area contributed by atoms with Crippen LogP contribution in [0.5, 0.6) is 5.75 Å². The number of hydrogen-bond acceptors (Lipinski definition) is 5. The summed E-state index contributed by atoms with van der Waals surface area (Å²) < 4.78 is 19.1. The van der Waals surface area contributed by atoms with E-state index >= 15 is 0 Å². The molecule has 27 heavy (non-hydrogen) atoms. The fourth-order valence-electron chi connectivity index (χ4n) is 2.83. The number of aromatic hydroxyl groups is 1. The Morgan fingerprint density at radius 2 is 1.85 bits per heavy atom. The van der Waals surface area contributed by atoms with Crippen molar-refractivity contribution in [1.82, 2.24) is 0 Å². The van der Waals surface area contributed by atoms with Gasteiger partial charge in [0.25, 0.3) is 0 Å². The van der Waals surface area contributed by atoms with E-state index in [1.165, 1.54) is 37.4 Å². The molecule has 0 radical (unpaired) electrons. The Labute approximate surface area is 156 Å². The summed E-state index contributed by atoms with van der Waals surface area (Å²) in [4.78, 5) is 35.8. The van der Waals surface area contributed by atoms with Crippen LogP contribution in [-0.4, -0.2) is 30.3 Å². The Kier molecular flexibility index (Phi) is 6.10. The van der Waals surface area contributed by atoms with Crippen molar-refractivity contribution < 1.29 is 28.6 Å². The third-order valence-electron chi connectivity index (χ3n) is 4.43. The van der Waals surface area contributed by atoms with Crippen molar-refractivity contribution in [2.45, 2.75) is 26.7 Å². The van der Waals surface area contributed by atoms with Gasteiger partial charge < -0.3 is 14.6 Å². The maximum absolute atomic E-state index is 14.4. The Bertz CT molecular complexity index is 886. The lowest BCUT2D eigenvalue weighted by Gasteiger charge is -2.24. The van der Waals surface area contributed by atoms with Gasteiger partial charge in [-0.1, -0.05) is 19.9 Å². The normalized spacial score (nSPS) is 11.1. The maximum Gasteiger partial charge on any atom is 0.337 e. The van der Waals surface area contributed by atoms with Crippen LogP contribution in [-0.2, 0) is 9.53 Å². The number of carbonyl (C=O) groups is 3. The van der Waals surface area contributed by atoms with Crippen molar-refractivity contribution >= 4 is 18.0 Å². The maximum atomic E-state index is 14.4. The van der Waals surface area contributed by atoms with Gasteiger partial charge in [0.05, 0.1) is 12.7 Å². The summed E-state index contributed by atoms with van der Waals surface area (Å²) in [5.41, 5.74) is -0.339. The van der Waals surface area contributed by atoms with Crippen LogP contribution in [0.15, 0.2) is 36.4 Å². The number of phenolic OH excluding ortho intramolecular Hbond substituents is 1. The van der Waals surface area contributed by atoms with E-state index in [1.807, 2.05) is 0 Å². The van der Waals surface area contributed by atoms with Crippen LogP contribution >= 0.6 is 0 Å². The minimum absolute atomic E-state index is 0.0425. The van der Waals surface area contributed by atoms with E-state index in [4.69, 9.17) is 4.74 Å². The molecule has 0 unspecified atom stereocenters. The SMILES string of the molecule is COC(=O)c1ccc(-c2cc(O)ccc2F)c(C(=O)C(C)(C)CCC=O)c1. The predicted octanol–water partition coefficient (Wildman–Crippen LogP) is 4.17. The van der Waals surface area contributed by atoms with Crippen LogP contribution < -0.4 is 0 Å². The van der Waals surface area contributed by atoms with Crippen LogP contribution in [0, 0.1) is 11.2 Å². The summed E-state index contributed by atoms with van der Waals surface area (Å²) in [5.74, 6) is -1.73. The molecule has 0 aliphatic heterocycles. The summed E-state index contributed by atoms with van der Waals surface area (Å²) >= 11 is 0. The molecule has 0 aliphatic carbocycles. The van der Waals surface area contributed by atoms with E-state index < -0.39 is 17.2 Å². The first-order valence-corrected chi connectivity index (χ1v) is 8.41. The van der Waals surface area contributed by atoms with Crippen LogP contribution in [0.3, 0.4) is 0 Å². The Hall–Kier alpha value is -3.02. The molecule has 0 saturated carbocycles. The molecule has 0 amide bonds. The Morgan fingerprint density at radius 3 is 2.48 bits per heavy atom. The molecule has 1 N–H and O–H groups in total. The van der Waals surface area contributed by atoms with Crippen molar-refractivity contribution in [3.05, 3.63) is 53.3 Å². The monoisotopic (exact) mass is 372 g/mol. The highest BCUT2D eigenvalue weighted by atomic mass is 19.1. The molecule has 0 bridgehead atoms. The summed E-state index contributed by atoms with van der Waals surface area (Å²) in [6.07, 6.45) is 1.24. The largest absolute Gasteiger partial charge is 0.508 e. The number of carbonyl (C=O) groups excluding carboxylic acids is 3. The quantitative estimate of drug-likeness (QED) is 0.448. The topological polar surface area (TPSA) is 80.7 Å². The van der Waals surface area contributed by atoms with Crippen molar-refractivity contribution in [2.24, 2.45) is 5.41 Å². The van der Waals surface area contributed by atoms with Gasteiger partial charge >= 0.3 is 5.97 Å². The summed E-state index contributed by atoms with van der Waals surface area (Å²) in [5, 5.41) is 9.72. The van der Waals surface area contributed by atoms with Crippen molar-refractivity contribution in [1.29, 1.82) is 0 Å². The number of hydrogen-bond donors (Lipinski definition) is 1. The van der Waals surface area contributed by atoms with Gasteiger partial charge in [-0.05, 0) is 42.3 Å². The number of aldehydes is 1. The van der Waals surface area contributed by atoms with Crippen LogP contribution in [0.2, 0.25) is 0 Å². The molecule has 0 atom stereocenters. The fourth-order valence-corrected chi connectivity index (χ4v) is 2.83. The molecule has 5 nitrogen and oxygen atoms in total. The van der Waals surface area contributed by atoms with E-state index in [0.29, 0.717) is 6.42 Å².